The Hall–Kier alpha value is -1.39. The van der Waals surface area contributed by atoms with Gasteiger partial charge in [0.2, 0.25) is 0 Å². The number of rotatable bonds is 6. The van der Waals surface area contributed by atoms with Crippen molar-refractivity contribution in [2.75, 3.05) is 6.54 Å². The molecule has 0 aliphatic rings. The van der Waals surface area contributed by atoms with Gasteiger partial charge in [0, 0.05) is 35.1 Å². The van der Waals surface area contributed by atoms with Crippen LogP contribution in [-0.4, -0.2) is 16.5 Å². The summed E-state index contributed by atoms with van der Waals surface area (Å²) in [6.07, 6.45) is 6.60. The Morgan fingerprint density at radius 3 is 2.74 bits per heavy atom. The normalized spacial score (nSPS) is 12.3. The van der Waals surface area contributed by atoms with Crippen LogP contribution in [0.3, 0.4) is 0 Å². The minimum Gasteiger partial charge on any atom is -0.310 e. The zero-order chi connectivity index (χ0) is 13.5. The maximum absolute atomic E-state index is 4.51. The molecule has 1 N–H and O–H groups in total. The lowest BCUT2D eigenvalue weighted by Gasteiger charge is -2.16. The Kier molecular flexibility index (Phi) is 5.36. The lowest BCUT2D eigenvalue weighted by Crippen LogP contribution is -2.20. The summed E-state index contributed by atoms with van der Waals surface area (Å²) in [5.74, 6) is 0. The van der Waals surface area contributed by atoms with Gasteiger partial charge in [0.25, 0.3) is 0 Å². The molecule has 0 fully saturated rings. The van der Waals surface area contributed by atoms with Gasteiger partial charge in [0.15, 0.2) is 0 Å². The molecule has 0 spiro atoms. The van der Waals surface area contributed by atoms with Gasteiger partial charge in [-0.25, -0.2) is 4.98 Å². The minimum atomic E-state index is 0.318. The first-order valence-corrected chi connectivity index (χ1v) is 7.39. The summed E-state index contributed by atoms with van der Waals surface area (Å²) >= 11 is 1.68. The van der Waals surface area contributed by atoms with E-state index < -0.39 is 0 Å². The van der Waals surface area contributed by atoms with E-state index in [9.17, 15) is 0 Å². The fourth-order valence-corrected chi connectivity index (χ4v) is 2.76. The van der Waals surface area contributed by atoms with Crippen LogP contribution in [0.4, 0.5) is 0 Å². The highest BCUT2D eigenvalue weighted by molar-refractivity contribution is 7.99. The van der Waals surface area contributed by atoms with Gasteiger partial charge in [-0.05, 0) is 38.1 Å². The first-order valence-electron chi connectivity index (χ1n) is 6.57. The largest absolute Gasteiger partial charge is 0.310 e. The molecule has 1 unspecified atom stereocenters. The van der Waals surface area contributed by atoms with Crippen LogP contribution in [0.15, 0.2) is 52.8 Å². The standard InChI is InChI=1S/C15H19N3S/c1-3-8-17-12(2)14-5-4-9-18-15(14)19-13-6-10-16-11-7-13/h4-7,9-12,17H,3,8H2,1-2H3. The topological polar surface area (TPSA) is 37.8 Å². The summed E-state index contributed by atoms with van der Waals surface area (Å²) < 4.78 is 0. The van der Waals surface area contributed by atoms with Crippen molar-refractivity contribution in [1.29, 1.82) is 0 Å². The van der Waals surface area contributed by atoms with Gasteiger partial charge in [0.05, 0.1) is 0 Å². The molecule has 0 saturated carbocycles. The van der Waals surface area contributed by atoms with Crippen LogP contribution < -0.4 is 5.32 Å². The van der Waals surface area contributed by atoms with Crippen molar-refractivity contribution in [2.45, 2.75) is 36.2 Å². The monoisotopic (exact) mass is 273 g/mol. The van der Waals surface area contributed by atoms with E-state index in [1.165, 1.54) is 5.56 Å². The van der Waals surface area contributed by atoms with Crippen molar-refractivity contribution in [1.82, 2.24) is 15.3 Å². The highest BCUT2D eigenvalue weighted by atomic mass is 32.2. The fraction of sp³-hybridized carbons (Fsp3) is 0.333. The highest BCUT2D eigenvalue weighted by Gasteiger charge is 2.11. The maximum Gasteiger partial charge on any atom is 0.105 e. The third kappa shape index (κ3) is 4.04. The number of nitrogens with zero attached hydrogens (tertiary/aromatic N) is 2. The van der Waals surface area contributed by atoms with E-state index in [1.54, 1.807) is 11.8 Å². The van der Waals surface area contributed by atoms with E-state index >= 15 is 0 Å². The summed E-state index contributed by atoms with van der Waals surface area (Å²) in [5, 5.41) is 4.57. The molecular weight excluding hydrogens is 254 g/mol. The molecule has 0 aromatic carbocycles. The minimum absolute atomic E-state index is 0.318. The van der Waals surface area contributed by atoms with E-state index in [-0.39, 0.29) is 0 Å². The van der Waals surface area contributed by atoms with Crippen LogP contribution in [-0.2, 0) is 0 Å². The molecule has 19 heavy (non-hydrogen) atoms. The fourth-order valence-electron chi connectivity index (χ4n) is 1.81. The van der Waals surface area contributed by atoms with Crippen LogP contribution >= 0.6 is 11.8 Å². The van der Waals surface area contributed by atoms with Crippen LogP contribution in [0.2, 0.25) is 0 Å². The summed E-state index contributed by atoms with van der Waals surface area (Å²) in [5.41, 5.74) is 1.25. The molecular formula is C15H19N3S. The van der Waals surface area contributed by atoms with Gasteiger partial charge >= 0.3 is 0 Å². The molecule has 0 aliphatic carbocycles. The summed E-state index contributed by atoms with van der Waals surface area (Å²) in [6, 6.07) is 8.47. The Balaban J connectivity index is 2.16. The average molecular weight is 273 g/mol. The zero-order valence-corrected chi connectivity index (χ0v) is 12.2. The predicted octanol–water partition coefficient (Wildman–Crippen LogP) is 3.69. The molecule has 2 heterocycles. The molecule has 2 rings (SSSR count). The van der Waals surface area contributed by atoms with Crippen molar-refractivity contribution < 1.29 is 0 Å². The molecule has 0 amide bonds. The second kappa shape index (κ2) is 7.26. The lowest BCUT2D eigenvalue weighted by molar-refractivity contribution is 0.560. The SMILES string of the molecule is CCCNC(C)c1cccnc1Sc1ccncc1. The van der Waals surface area contributed by atoms with Crippen LogP contribution in [0, 0.1) is 0 Å². The summed E-state index contributed by atoms with van der Waals surface area (Å²) in [4.78, 5) is 9.71. The molecule has 1 atom stereocenters. The Morgan fingerprint density at radius 2 is 2.00 bits per heavy atom. The van der Waals surface area contributed by atoms with E-state index in [2.05, 4.69) is 35.2 Å². The molecule has 0 aliphatic heterocycles. The van der Waals surface area contributed by atoms with Crippen molar-refractivity contribution in [3.8, 4) is 0 Å². The van der Waals surface area contributed by atoms with Gasteiger partial charge in [-0.1, -0.05) is 24.8 Å². The number of nitrogens with one attached hydrogen (secondary N) is 1. The van der Waals surface area contributed by atoms with Crippen molar-refractivity contribution in [3.63, 3.8) is 0 Å². The van der Waals surface area contributed by atoms with Crippen molar-refractivity contribution >= 4 is 11.8 Å². The van der Waals surface area contributed by atoms with Gasteiger partial charge in [0.1, 0.15) is 5.03 Å². The lowest BCUT2D eigenvalue weighted by atomic mass is 10.1. The number of hydrogen-bond donors (Lipinski definition) is 1. The van der Waals surface area contributed by atoms with Gasteiger partial charge < -0.3 is 5.32 Å². The predicted molar refractivity (Wildman–Crippen MR) is 79.3 cm³/mol. The van der Waals surface area contributed by atoms with E-state index in [0.29, 0.717) is 6.04 Å². The summed E-state index contributed by atoms with van der Waals surface area (Å²) in [7, 11) is 0. The smallest absolute Gasteiger partial charge is 0.105 e. The Morgan fingerprint density at radius 1 is 1.21 bits per heavy atom. The molecule has 3 nitrogen and oxygen atoms in total. The number of aromatic nitrogens is 2. The Labute approximate surface area is 118 Å². The van der Waals surface area contributed by atoms with E-state index in [4.69, 9.17) is 0 Å². The highest BCUT2D eigenvalue weighted by Crippen LogP contribution is 2.30. The molecule has 100 valence electrons. The van der Waals surface area contributed by atoms with Crippen LogP contribution in [0.5, 0.6) is 0 Å². The molecule has 0 bridgehead atoms. The van der Waals surface area contributed by atoms with Crippen LogP contribution in [0.25, 0.3) is 0 Å². The maximum atomic E-state index is 4.51. The van der Waals surface area contributed by atoms with Gasteiger partial charge in [-0.3, -0.25) is 4.98 Å². The van der Waals surface area contributed by atoms with Gasteiger partial charge in [-0.2, -0.15) is 0 Å². The quantitative estimate of drug-likeness (QED) is 0.871. The molecule has 0 saturated heterocycles. The van der Waals surface area contributed by atoms with E-state index in [0.717, 1.165) is 22.9 Å². The number of pyridine rings is 2. The number of hydrogen-bond acceptors (Lipinski definition) is 4. The zero-order valence-electron chi connectivity index (χ0n) is 11.3. The van der Waals surface area contributed by atoms with E-state index in [1.807, 2.05) is 36.8 Å². The van der Waals surface area contributed by atoms with Gasteiger partial charge in [-0.15, -0.1) is 0 Å². The summed E-state index contributed by atoms with van der Waals surface area (Å²) in [6.45, 7) is 5.38. The third-order valence-corrected chi connectivity index (χ3v) is 3.87. The molecule has 2 aromatic heterocycles. The first kappa shape index (κ1) is 14.0. The molecule has 2 aromatic rings. The third-order valence-electron chi connectivity index (χ3n) is 2.83. The second-order valence-corrected chi connectivity index (χ2v) is 5.42. The van der Waals surface area contributed by atoms with Crippen molar-refractivity contribution in [3.05, 3.63) is 48.4 Å². The Bertz CT molecular complexity index is 502. The van der Waals surface area contributed by atoms with Crippen LogP contribution in [0.1, 0.15) is 31.9 Å². The first-order chi connectivity index (χ1) is 9.31. The second-order valence-electron chi connectivity index (χ2n) is 4.36. The molecule has 4 heteroatoms. The molecule has 0 radical (unpaired) electrons. The van der Waals surface area contributed by atoms with Crippen molar-refractivity contribution in [2.24, 2.45) is 0 Å². The average Bonchev–Trinajstić information content (AvgIpc) is 2.46.